The molecule has 1 rings (SSSR count). The summed E-state index contributed by atoms with van der Waals surface area (Å²) in [6.45, 7) is -3.55. The fourth-order valence-corrected chi connectivity index (χ4v) is 3.04. The molecule has 0 aliphatic heterocycles. The fourth-order valence-electron chi connectivity index (χ4n) is 0.993. The summed E-state index contributed by atoms with van der Waals surface area (Å²) in [6, 6.07) is 2.90. The molecule has 0 saturated carbocycles. The van der Waals surface area contributed by atoms with Gasteiger partial charge in [0.1, 0.15) is 0 Å². The van der Waals surface area contributed by atoms with E-state index in [2.05, 4.69) is 0 Å². The molecule has 0 spiro atoms. The maximum Gasteiger partial charge on any atom is 0.290 e. The van der Waals surface area contributed by atoms with Crippen LogP contribution in [0.25, 0.3) is 0 Å². The minimum atomic E-state index is -3.55. The number of hydrogen-bond donors (Lipinski definition) is 2. The minimum absolute atomic E-state index is 0.0751. The molecule has 1 aromatic rings. The average Bonchev–Trinajstić information content (AvgIpc) is 2.14. The van der Waals surface area contributed by atoms with E-state index in [4.69, 9.17) is 11.0 Å². The third-order valence-corrected chi connectivity index (χ3v) is 3.86. The molecule has 0 aliphatic rings. The van der Waals surface area contributed by atoms with Crippen molar-refractivity contribution in [3.05, 3.63) is 38.4 Å². The zero-order valence-corrected chi connectivity index (χ0v) is 9.89. The van der Waals surface area contributed by atoms with Crippen LogP contribution in [0.5, 0.6) is 0 Å². The van der Waals surface area contributed by atoms with E-state index in [0.29, 0.717) is 11.4 Å². The fraction of sp³-hybridized carbons (Fsp3) is 0. The number of rotatable bonds is 4. The normalized spacial score (nSPS) is 11.2. The molecule has 0 fully saturated rings. The molecule has 0 atom stereocenters. The summed E-state index contributed by atoms with van der Waals surface area (Å²) in [4.78, 5) is 19.4. The molecule has 0 aliphatic carbocycles. The minimum Gasteiger partial charge on any atom is -0.277 e. The highest BCUT2D eigenvalue weighted by Gasteiger charge is 2.23. The number of non-ortho nitro benzene ring substituents is 1. The monoisotopic (exact) mass is 278 g/mol. The zero-order valence-electron chi connectivity index (χ0n) is 8.18. The van der Waals surface area contributed by atoms with Gasteiger partial charge in [0.2, 0.25) is 0 Å². The lowest BCUT2D eigenvalue weighted by Gasteiger charge is -2.05. The summed E-state index contributed by atoms with van der Waals surface area (Å²) < 4.78 is 11.1. The molecule has 1 aromatic carbocycles. The Morgan fingerprint density at radius 2 is 1.76 bits per heavy atom. The van der Waals surface area contributed by atoms with Crippen LogP contribution in [0.4, 0.5) is 11.4 Å². The second kappa shape index (κ2) is 4.80. The third kappa shape index (κ3) is 3.79. The van der Waals surface area contributed by atoms with Gasteiger partial charge in [-0.2, -0.15) is 0 Å². The van der Waals surface area contributed by atoms with Crippen molar-refractivity contribution in [2.24, 2.45) is 11.0 Å². The van der Waals surface area contributed by atoms with Gasteiger partial charge in [-0.15, -0.1) is 0 Å². The van der Waals surface area contributed by atoms with Gasteiger partial charge < -0.3 is 0 Å². The van der Waals surface area contributed by atoms with Crippen molar-refractivity contribution < 1.29 is 14.4 Å². The van der Waals surface area contributed by atoms with Crippen LogP contribution in [0.2, 0.25) is 0 Å². The molecule has 17 heavy (non-hydrogen) atoms. The van der Waals surface area contributed by atoms with E-state index in [1.807, 2.05) is 0 Å². The first-order valence-corrected chi connectivity index (χ1v) is 7.27. The Labute approximate surface area is 98.7 Å². The largest absolute Gasteiger partial charge is 0.290 e. The van der Waals surface area contributed by atoms with Crippen molar-refractivity contribution in [1.82, 2.24) is 0 Å². The standard InChI is InChI=1S/C6H7N4O5PS/c7-16(8,15)17-6-2-1-4(9(11)12)3-5(6)10(13)14/h1-3H,(H4,7,8,15). The summed E-state index contributed by atoms with van der Waals surface area (Å²) in [6.07, 6.45) is 0. The van der Waals surface area contributed by atoms with E-state index in [1.54, 1.807) is 0 Å². The number of nitrogens with zero attached hydrogens (tertiary/aromatic N) is 2. The molecule has 0 unspecified atom stereocenters. The van der Waals surface area contributed by atoms with Crippen LogP contribution in [0.1, 0.15) is 0 Å². The van der Waals surface area contributed by atoms with Gasteiger partial charge >= 0.3 is 0 Å². The van der Waals surface area contributed by atoms with E-state index in [9.17, 15) is 24.8 Å². The zero-order chi connectivity index (χ0) is 13.2. The van der Waals surface area contributed by atoms with Crippen molar-refractivity contribution in [2.45, 2.75) is 4.90 Å². The molecule has 0 amide bonds. The first-order chi connectivity index (χ1) is 7.70. The molecule has 92 valence electrons. The quantitative estimate of drug-likeness (QED) is 0.478. The maximum absolute atomic E-state index is 11.1. The molecule has 0 saturated heterocycles. The second-order valence-corrected chi connectivity index (χ2v) is 7.08. The van der Waals surface area contributed by atoms with Crippen LogP contribution in [0.3, 0.4) is 0 Å². The molecule has 0 radical (unpaired) electrons. The number of hydrogen-bond acceptors (Lipinski definition) is 6. The van der Waals surface area contributed by atoms with Gasteiger partial charge in [0.25, 0.3) is 18.0 Å². The Bertz CT molecular complexity index is 529. The predicted octanol–water partition coefficient (Wildman–Crippen LogP) is 1.62. The van der Waals surface area contributed by atoms with E-state index in [0.717, 1.165) is 18.2 Å². The molecular formula is C6H7N4O5PS. The van der Waals surface area contributed by atoms with Crippen molar-refractivity contribution in [1.29, 1.82) is 0 Å². The lowest BCUT2D eigenvalue weighted by atomic mass is 10.3. The second-order valence-electron chi connectivity index (χ2n) is 2.90. The van der Waals surface area contributed by atoms with Crippen LogP contribution in [-0.2, 0) is 4.57 Å². The van der Waals surface area contributed by atoms with E-state index >= 15 is 0 Å². The van der Waals surface area contributed by atoms with Crippen molar-refractivity contribution >= 4 is 29.4 Å². The Morgan fingerprint density at radius 1 is 1.18 bits per heavy atom. The highest BCUT2D eigenvalue weighted by atomic mass is 32.7. The van der Waals surface area contributed by atoms with Gasteiger partial charge in [0, 0.05) is 6.07 Å². The third-order valence-electron chi connectivity index (χ3n) is 1.59. The van der Waals surface area contributed by atoms with E-state index in [1.165, 1.54) is 0 Å². The van der Waals surface area contributed by atoms with Crippen LogP contribution in [0, 0.1) is 20.2 Å². The SMILES string of the molecule is NP(N)(=O)Sc1ccc([N+](=O)[O-])cc1[N+](=O)[O-]. The first kappa shape index (κ1) is 13.6. The summed E-state index contributed by atoms with van der Waals surface area (Å²) in [5, 5.41) is 21.1. The lowest BCUT2D eigenvalue weighted by molar-refractivity contribution is -0.396. The Balaban J connectivity index is 3.27. The van der Waals surface area contributed by atoms with Gasteiger partial charge in [-0.05, 0) is 17.4 Å². The van der Waals surface area contributed by atoms with Gasteiger partial charge in [-0.25, -0.2) is 0 Å². The summed E-state index contributed by atoms with van der Waals surface area (Å²) in [5.41, 5.74) is 9.15. The van der Waals surface area contributed by atoms with Crippen LogP contribution >= 0.6 is 18.0 Å². The highest BCUT2D eigenvalue weighted by molar-refractivity contribution is 8.56. The van der Waals surface area contributed by atoms with Crippen molar-refractivity contribution in [3.63, 3.8) is 0 Å². The maximum atomic E-state index is 11.1. The van der Waals surface area contributed by atoms with Crippen molar-refractivity contribution in [2.75, 3.05) is 0 Å². The first-order valence-electron chi connectivity index (χ1n) is 4.00. The van der Waals surface area contributed by atoms with Gasteiger partial charge in [0.15, 0.2) is 0 Å². The van der Waals surface area contributed by atoms with Crippen LogP contribution in [0.15, 0.2) is 23.1 Å². The average molecular weight is 278 g/mol. The Morgan fingerprint density at radius 3 is 2.18 bits per heavy atom. The molecule has 0 heterocycles. The molecule has 11 heteroatoms. The highest BCUT2D eigenvalue weighted by Crippen LogP contribution is 2.51. The summed E-state index contributed by atoms with van der Waals surface area (Å²) in [5.74, 6) is 0. The van der Waals surface area contributed by atoms with Crippen molar-refractivity contribution in [3.8, 4) is 0 Å². The smallest absolute Gasteiger partial charge is 0.277 e. The number of nitrogens with two attached hydrogens (primary N) is 2. The van der Waals surface area contributed by atoms with Gasteiger partial charge in [-0.1, -0.05) is 0 Å². The van der Waals surface area contributed by atoms with Gasteiger partial charge in [-0.3, -0.25) is 35.8 Å². The van der Waals surface area contributed by atoms with E-state index in [-0.39, 0.29) is 4.90 Å². The summed E-state index contributed by atoms with van der Waals surface area (Å²) in [7, 11) is 0. The molecule has 4 N–H and O–H groups in total. The molecular weight excluding hydrogens is 271 g/mol. The lowest BCUT2D eigenvalue weighted by Crippen LogP contribution is -2.01. The van der Waals surface area contributed by atoms with Crippen LogP contribution < -0.4 is 11.0 Å². The van der Waals surface area contributed by atoms with E-state index < -0.39 is 27.9 Å². The Hall–Kier alpha value is -1.48. The summed E-state index contributed by atoms with van der Waals surface area (Å²) >= 11 is 0.423. The van der Waals surface area contributed by atoms with Crippen LogP contribution in [-0.4, -0.2) is 9.85 Å². The van der Waals surface area contributed by atoms with Gasteiger partial charge in [0.05, 0.1) is 20.8 Å². The number of nitro benzene ring substituents is 2. The Kier molecular flexibility index (Phi) is 3.83. The predicted molar refractivity (Wildman–Crippen MR) is 61.6 cm³/mol. The molecule has 0 bridgehead atoms. The molecule has 9 nitrogen and oxygen atoms in total. The topological polar surface area (TPSA) is 155 Å². The number of benzene rings is 1. The molecule has 0 aromatic heterocycles. The number of nitro groups is 2.